The highest BCUT2D eigenvalue weighted by Crippen LogP contribution is 2.50. The third kappa shape index (κ3) is 1.38. The molecule has 2 bridgehead atoms. The summed E-state index contributed by atoms with van der Waals surface area (Å²) in [6.07, 6.45) is 7.54. The van der Waals surface area contributed by atoms with Crippen LogP contribution in [0.2, 0.25) is 0 Å². The second-order valence-electron chi connectivity index (χ2n) is 4.88. The summed E-state index contributed by atoms with van der Waals surface area (Å²) in [7, 11) is 0. The Bertz CT molecular complexity index is 200. The Kier molecular flexibility index (Phi) is 2.26. The molecular formula is C11H19NO2. The number of nitrogens with zero attached hydrogens (tertiary/aromatic N) is 1. The van der Waals surface area contributed by atoms with Crippen molar-refractivity contribution in [3.8, 4) is 0 Å². The molecule has 14 heavy (non-hydrogen) atoms. The average Bonchev–Trinajstić information content (AvgIpc) is 2.60. The van der Waals surface area contributed by atoms with Crippen LogP contribution in [0.4, 0.5) is 0 Å². The fourth-order valence-electron chi connectivity index (χ4n) is 2.90. The molecule has 4 aliphatic rings. The van der Waals surface area contributed by atoms with E-state index in [0.29, 0.717) is 0 Å². The van der Waals surface area contributed by atoms with Gasteiger partial charge in [-0.25, -0.2) is 0 Å². The average molecular weight is 197 g/mol. The largest absolute Gasteiger partial charge is 0.358 e. The molecule has 3 heteroatoms. The van der Waals surface area contributed by atoms with Gasteiger partial charge < -0.3 is 4.74 Å². The fourth-order valence-corrected chi connectivity index (χ4v) is 2.90. The SMILES string of the molecule is C1CCCN(C23CC(CO2)C3)OCC1. The van der Waals surface area contributed by atoms with E-state index in [1.54, 1.807) is 0 Å². The highest BCUT2D eigenvalue weighted by molar-refractivity contribution is 4.99. The Balaban J connectivity index is 1.64. The van der Waals surface area contributed by atoms with Gasteiger partial charge in [0.1, 0.15) is 5.72 Å². The molecule has 0 aromatic carbocycles. The van der Waals surface area contributed by atoms with E-state index in [1.165, 1.54) is 38.5 Å². The van der Waals surface area contributed by atoms with Crippen molar-refractivity contribution in [1.82, 2.24) is 5.06 Å². The van der Waals surface area contributed by atoms with Crippen molar-refractivity contribution in [1.29, 1.82) is 0 Å². The first-order valence-electron chi connectivity index (χ1n) is 5.94. The van der Waals surface area contributed by atoms with Gasteiger partial charge in [0, 0.05) is 6.54 Å². The van der Waals surface area contributed by atoms with Gasteiger partial charge in [0.25, 0.3) is 0 Å². The van der Waals surface area contributed by atoms with Gasteiger partial charge in [0.15, 0.2) is 0 Å². The molecule has 0 unspecified atom stereocenters. The zero-order valence-electron chi connectivity index (χ0n) is 8.71. The van der Waals surface area contributed by atoms with E-state index in [2.05, 4.69) is 5.06 Å². The molecule has 80 valence electrons. The van der Waals surface area contributed by atoms with Crippen molar-refractivity contribution < 1.29 is 9.57 Å². The molecule has 3 nitrogen and oxygen atoms in total. The minimum Gasteiger partial charge on any atom is -0.358 e. The predicted octanol–water partition coefficient (Wildman–Crippen LogP) is 1.93. The van der Waals surface area contributed by atoms with E-state index in [-0.39, 0.29) is 5.72 Å². The van der Waals surface area contributed by atoms with Crippen LogP contribution < -0.4 is 0 Å². The summed E-state index contributed by atoms with van der Waals surface area (Å²) in [6.45, 7) is 2.91. The molecule has 3 saturated heterocycles. The summed E-state index contributed by atoms with van der Waals surface area (Å²) in [5.74, 6) is 0.823. The summed E-state index contributed by atoms with van der Waals surface area (Å²) < 4.78 is 5.85. The Morgan fingerprint density at radius 3 is 2.71 bits per heavy atom. The first kappa shape index (κ1) is 9.13. The molecule has 0 aromatic heterocycles. The molecule has 1 saturated carbocycles. The minimum absolute atomic E-state index is 0.00199. The quantitative estimate of drug-likeness (QED) is 0.641. The minimum atomic E-state index is 0.00199. The molecule has 3 heterocycles. The molecule has 0 N–H and O–H groups in total. The Morgan fingerprint density at radius 1 is 1.07 bits per heavy atom. The third-order valence-corrected chi connectivity index (χ3v) is 3.76. The lowest BCUT2D eigenvalue weighted by Gasteiger charge is -2.44. The van der Waals surface area contributed by atoms with Crippen molar-refractivity contribution in [2.45, 2.75) is 44.2 Å². The van der Waals surface area contributed by atoms with Gasteiger partial charge in [-0.15, -0.1) is 0 Å². The summed E-state index contributed by atoms with van der Waals surface area (Å²) >= 11 is 0. The summed E-state index contributed by atoms with van der Waals surface area (Å²) in [4.78, 5) is 5.82. The normalized spacial score (nSPS) is 44.1. The molecule has 3 aliphatic heterocycles. The van der Waals surface area contributed by atoms with E-state index in [1.807, 2.05) is 0 Å². The molecule has 4 fully saturated rings. The van der Waals surface area contributed by atoms with Crippen LogP contribution in [-0.2, 0) is 9.57 Å². The van der Waals surface area contributed by atoms with Crippen molar-refractivity contribution in [2.75, 3.05) is 19.8 Å². The Hall–Kier alpha value is -0.120. The van der Waals surface area contributed by atoms with Crippen molar-refractivity contribution in [3.05, 3.63) is 0 Å². The maximum absolute atomic E-state index is 5.85. The lowest BCUT2D eigenvalue weighted by atomic mass is 9.80. The van der Waals surface area contributed by atoms with E-state index in [4.69, 9.17) is 9.57 Å². The zero-order chi connectivity index (χ0) is 9.43. The van der Waals surface area contributed by atoms with Crippen LogP contribution in [0.25, 0.3) is 0 Å². The van der Waals surface area contributed by atoms with E-state index >= 15 is 0 Å². The summed E-state index contributed by atoms with van der Waals surface area (Å²) in [5, 5.41) is 2.15. The Morgan fingerprint density at radius 2 is 1.93 bits per heavy atom. The van der Waals surface area contributed by atoms with Gasteiger partial charge in [-0.05, 0) is 31.6 Å². The number of hydroxylamine groups is 2. The molecule has 0 amide bonds. The van der Waals surface area contributed by atoms with Gasteiger partial charge in [-0.1, -0.05) is 12.8 Å². The highest BCUT2D eigenvalue weighted by atomic mass is 16.7. The van der Waals surface area contributed by atoms with Gasteiger partial charge in [-0.3, -0.25) is 4.84 Å². The van der Waals surface area contributed by atoms with E-state index in [9.17, 15) is 0 Å². The van der Waals surface area contributed by atoms with Crippen LogP contribution in [0.3, 0.4) is 0 Å². The fraction of sp³-hybridized carbons (Fsp3) is 1.00. The standard InChI is InChI=1S/C11H19NO2/c1-2-4-6-14-12(5-3-1)11-7-10(8-11)9-13-11/h10H,1-9H2. The van der Waals surface area contributed by atoms with Gasteiger partial charge in [0.05, 0.1) is 13.2 Å². The lowest BCUT2D eigenvalue weighted by molar-refractivity contribution is -0.307. The number of fused-ring (bicyclic) bond motifs is 1. The molecule has 0 radical (unpaired) electrons. The summed E-state index contributed by atoms with van der Waals surface area (Å²) in [6, 6.07) is 0. The number of ether oxygens (including phenoxy) is 1. The first-order valence-corrected chi connectivity index (χ1v) is 5.94. The topological polar surface area (TPSA) is 21.7 Å². The van der Waals surface area contributed by atoms with Crippen molar-refractivity contribution >= 4 is 0 Å². The van der Waals surface area contributed by atoms with Crippen molar-refractivity contribution in [3.63, 3.8) is 0 Å². The van der Waals surface area contributed by atoms with Crippen LogP contribution in [-0.4, -0.2) is 30.5 Å². The number of hydrogen-bond acceptors (Lipinski definition) is 3. The molecule has 0 atom stereocenters. The van der Waals surface area contributed by atoms with Crippen LogP contribution in [0.1, 0.15) is 38.5 Å². The molecule has 0 aromatic rings. The van der Waals surface area contributed by atoms with Crippen LogP contribution in [0.5, 0.6) is 0 Å². The maximum atomic E-state index is 5.85. The monoisotopic (exact) mass is 197 g/mol. The smallest absolute Gasteiger partial charge is 0.144 e. The number of hydrogen-bond donors (Lipinski definition) is 0. The maximum Gasteiger partial charge on any atom is 0.144 e. The first-order chi connectivity index (χ1) is 6.89. The summed E-state index contributed by atoms with van der Waals surface area (Å²) in [5.41, 5.74) is 0.00199. The predicted molar refractivity (Wildman–Crippen MR) is 52.5 cm³/mol. The number of rotatable bonds is 1. The molecule has 1 aliphatic carbocycles. The molecule has 0 spiro atoms. The van der Waals surface area contributed by atoms with Crippen LogP contribution in [0.15, 0.2) is 0 Å². The van der Waals surface area contributed by atoms with Gasteiger partial charge in [-0.2, -0.15) is 5.06 Å². The van der Waals surface area contributed by atoms with Crippen LogP contribution >= 0.6 is 0 Å². The highest BCUT2D eigenvalue weighted by Gasteiger charge is 2.56. The van der Waals surface area contributed by atoms with Crippen LogP contribution in [0, 0.1) is 5.92 Å². The Labute approximate surface area is 85.3 Å². The van der Waals surface area contributed by atoms with Crippen molar-refractivity contribution in [2.24, 2.45) is 5.92 Å². The molecular weight excluding hydrogens is 178 g/mol. The second kappa shape index (κ2) is 3.47. The lowest BCUT2D eigenvalue weighted by Crippen LogP contribution is -2.53. The zero-order valence-corrected chi connectivity index (χ0v) is 8.71. The van der Waals surface area contributed by atoms with Gasteiger partial charge in [0.2, 0.25) is 0 Å². The van der Waals surface area contributed by atoms with Gasteiger partial charge >= 0.3 is 0 Å². The third-order valence-electron chi connectivity index (χ3n) is 3.76. The van der Waals surface area contributed by atoms with E-state index < -0.39 is 0 Å². The molecule has 4 rings (SSSR count). The van der Waals surface area contributed by atoms with E-state index in [0.717, 1.165) is 25.7 Å². The second-order valence-corrected chi connectivity index (χ2v) is 4.88.